The highest BCUT2D eigenvalue weighted by atomic mass is 15.1. The predicted molar refractivity (Wildman–Crippen MR) is 72.3 cm³/mol. The van der Waals surface area contributed by atoms with Crippen molar-refractivity contribution in [1.29, 1.82) is 0 Å². The second kappa shape index (κ2) is 4.31. The molecule has 3 rings (SSSR count). The van der Waals surface area contributed by atoms with Crippen molar-refractivity contribution in [2.75, 3.05) is 0 Å². The number of aryl methyl sites for hydroxylation is 1. The van der Waals surface area contributed by atoms with Gasteiger partial charge in [-0.15, -0.1) is 0 Å². The fraction of sp³-hybridized carbons (Fsp3) is 0.214. The highest BCUT2D eigenvalue weighted by Crippen LogP contribution is 2.22. The number of hydrogen-bond acceptors (Lipinski definition) is 2. The minimum atomic E-state index is -0.0505. The molecule has 4 N–H and O–H groups in total. The van der Waals surface area contributed by atoms with Gasteiger partial charge in [0.2, 0.25) is 0 Å². The second-order valence-corrected chi connectivity index (χ2v) is 4.63. The van der Waals surface area contributed by atoms with Crippen LogP contribution < -0.4 is 5.73 Å². The molecule has 0 aliphatic carbocycles. The summed E-state index contributed by atoms with van der Waals surface area (Å²) < 4.78 is 0. The summed E-state index contributed by atoms with van der Waals surface area (Å²) >= 11 is 0. The van der Waals surface area contributed by atoms with Crippen LogP contribution in [0.5, 0.6) is 0 Å². The quantitative estimate of drug-likeness (QED) is 0.658. The molecule has 4 heteroatoms. The van der Waals surface area contributed by atoms with Crippen molar-refractivity contribution >= 4 is 10.9 Å². The summed E-state index contributed by atoms with van der Waals surface area (Å²) in [7, 11) is 0. The first-order chi connectivity index (χ1) is 8.74. The van der Waals surface area contributed by atoms with E-state index in [-0.39, 0.29) is 6.04 Å². The topological polar surface area (TPSA) is 70.5 Å². The number of aromatic amines is 2. The Morgan fingerprint density at radius 2 is 2.17 bits per heavy atom. The van der Waals surface area contributed by atoms with Gasteiger partial charge in [0.05, 0.1) is 17.4 Å². The summed E-state index contributed by atoms with van der Waals surface area (Å²) in [5.74, 6) is 0. The summed E-state index contributed by atoms with van der Waals surface area (Å²) in [6, 6.07) is 10.2. The van der Waals surface area contributed by atoms with Crippen LogP contribution in [0.15, 0.2) is 36.5 Å². The molecule has 0 radical (unpaired) electrons. The summed E-state index contributed by atoms with van der Waals surface area (Å²) in [5.41, 5.74) is 10.6. The molecule has 0 saturated heterocycles. The van der Waals surface area contributed by atoms with E-state index in [0.29, 0.717) is 0 Å². The first kappa shape index (κ1) is 11.0. The smallest absolute Gasteiger partial charge is 0.0594 e. The number of rotatable bonds is 3. The number of nitrogens with two attached hydrogens (primary N) is 1. The third kappa shape index (κ3) is 1.91. The van der Waals surface area contributed by atoms with Gasteiger partial charge in [-0.2, -0.15) is 5.10 Å². The third-order valence-electron chi connectivity index (χ3n) is 3.24. The van der Waals surface area contributed by atoms with Crippen LogP contribution >= 0.6 is 0 Å². The van der Waals surface area contributed by atoms with Crippen molar-refractivity contribution in [3.63, 3.8) is 0 Å². The third-order valence-corrected chi connectivity index (χ3v) is 3.24. The van der Waals surface area contributed by atoms with E-state index >= 15 is 0 Å². The Hall–Kier alpha value is -2.07. The van der Waals surface area contributed by atoms with Gasteiger partial charge >= 0.3 is 0 Å². The monoisotopic (exact) mass is 240 g/mol. The van der Waals surface area contributed by atoms with Gasteiger partial charge in [0.1, 0.15) is 0 Å². The normalized spacial score (nSPS) is 13.0. The fourth-order valence-corrected chi connectivity index (χ4v) is 2.28. The first-order valence-corrected chi connectivity index (χ1v) is 6.06. The van der Waals surface area contributed by atoms with Crippen molar-refractivity contribution < 1.29 is 0 Å². The van der Waals surface area contributed by atoms with E-state index in [1.807, 2.05) is 31.3 Å². The van der Waals surface area contributed by atoms with Crippen LogP contribution in [-0.2, 0) is 6.42 Å². The minimum absolute atomic E-state index is 0.0505. The van der Waals surface area contributed by atoms with Gasteiger partial charge in [0.25, 0.3) is 0 Å². The van der Waals surface area contributed by atoms with E-state index in [9.17, 15) is 0 Å². The van der Waals surface area contributed by atoms with Crippen LogP contribution in [0.25, 0.3) is 10.9 Å². The van der Waals surface area contributed by atoms with Crippen LogP contribution in [0.2, 0.25) is 0 Å². The molecule has 18 heavy (non-hydrogen) atoms. The molecule has 0 saturated carbocycles. The largest absolute Gasteiger partial charge is 0.361 e. The molecule has 2 aromatic heterocycles. The van der Waals surface area contributed by atoms with Crippen molar-refractivity contribution in [3.8, 4) is 0 Å². The Bertz CT molecular complexity index is 665. The van der Waals surface area contributed by atoms with Gasteiger partial charge in [0.15, 0.2) is 0 Å². The number of para-hydroxylation sites is 1. The molecule has 1 aromatic carbocycles. The number of fused-ring (bicyclic) bond motifs is 1. The van der Waals surface area contributed by atoms with Crippen molar-refractivity contribution in [2.45, 2.75) is 19.4 Å². The molecule has 3 aromatic rings. The summed E-state index contributed by atoms with van der Waals surface area (Å²) in [4.78, 5) is 3.27. The predicted octanol–water partition coefficient (Wildman–Crippen LogP) is 2.44. The van der Waals surface area contributed by atoms with Crippen LogP contribution in [0.1, 0.15) is 23.0 Å². The van der Waals surface area contributed by atoms with E-state index in [1.54, 1.807) is 0 Å². The summed E-state index contributed by atoms with van der Waals surface area (Å²) in [5, 5.41) is 8.34. The number of nitrogens with one attached hydrogen (secondary N) is 2. The zero-order valence-corrected chi connectivity index (χ0v) is 10.3. The molecular weight excluding hydrogens is 224 g/mol. The summed E-state index contributed by atoms with van der Waals surface area (Å²) in [6.45, 7) is 1.96. The van der Waals surface area contributed by atoms with Crippen molar-refractivity contribution in [1.82, 2.24) is 15.2 Å². The first-order valence-electron chi connectivity index (χ1n) is 6.06. The Kier molecular flexibility index (Phi) is 2.64. The van der Waals surface area contributed by atoms with Crippen molar-refractivity contribution in [2.24, 2.45) is 5.73 Å². The maximum Gasteiger partial charge on any atom is 0.0594 e. The van der Waals surface area contributed by atoms with E-state index in [0.717, 1.165) is 23.3 Å². The van der Waals surface area contributed by atoms with E-state index in [2.05, 4.69) is 27.3 Å². The standard InChI is InChI=1S/C14H16N4/c1-9-6-14(18-17-9)12(15)7-10-8-16-13-5-3-2-4-11(10)13/h2-6,8,12,16H,7,15H2,1H3,(H,17,18)/t12-/m0/s1. The van der Waals surface area contributed by atoms with Crippen LogP contribution in [0.3, 0.4) is 0 Å². The lowest BCUT2D eigenvalue weighted by Crippen LogP contribution is -2.13. The molecule has 1 atom stereocenters. The Morgan fingerprint density at radius 1 is 1.33 bits per heavy atom. The lowest BCUT2D eigenvalue weighted by Gasteiger charge is -2.08. The molecule has 0 aliphatic rings. The molecule has 92 valence electrons. The number of benzene rings is 1. The molecule has 0 spiro atoms. The zero-order valence-electron chi connectivity index (χ0n) is 10.3. The molecule has 0 amide bonds. The lowest BCUT2D eigenvalue weighted by molar-refractivity contribution is 0.695. The number of hydrogen-bond donors (Lipinski definition) is 3. The van der Waals surface area contributed by atoms with Gasteiger partial charge in [0, 0.05) is 17.1 Å². The van der Waals surface area contributed by atoms with E-state index in [1.165, 1.54) is 10.9 Å². The van der Waals surface area contributed by atoms with Crippen molar-refractivity contribution in [3.05, 3.63) is 53.5 Å². The second-order valence-electron chi connectivity index (χ2n) is 4.63. The van der Waals surface area contributed by atoms with Crippen LogP contribution in [0.4, 0.5) is 0 Å². The Balaban J connectivity index is 1.88. The number of aromatic nitrogens is 3. The van der Waals surface area contributed by atoms with E-state index in [4.69, 9.17) is 5.73 Å². The van der Waals surface area contributed by atoms with Gasteiger partial charge in [-0.25, -0.2) is 0 Å². The van der Waals surface area contributed by atoms with Gasteiger partial charge in [-0.05, 0) is 31.0 Å². The lowest BCUT2D eigenvalue weighted by atomic mass is 10.0. The molecular formula is C14H16N4. The van der Waals surface area contributed by atoms with Crippen LogP contribution in [0, 0.1) is 6.92 Å². The van der Waals surface area contributed by atoms with E-state index < -0.39 is 0 Å². The maximum absolute atomic E-state index is 6.21. The zero-order chi connectivity index (χ0) is 12.5. The number of H-pyrrole nitrogens is 2. The highest BCUT2D eigenvalue weighted by Gasteiger charge is 2.12. The summed E-state index contributed by atoms with van der Waals surface area (Å²) in [6.07, 6.45) is 2.83. The fourth-order valence-electron chi connectivity index (χ4n) is 2.28. The highest BCUT2D eigenvalue weighted by molar-refractivity contribution is 5.83. The molecule has 0 bridgehead atoms. The maximum atomic E-state index is 6.21. The van der Waals surface area contributed by atoms with Gasteiger partial charge in [-0.1, -0.05) is 18.2 Å². The van der Waals surface area contributed by atoms with Gasteiger partial charge in [-0.3, -0.25) is 5.10 Å². The number of nitrogens with zero attached hydrogens (tertiary/aromatic N) is 1. The van der Waals surface area contributed by atoms with Gasteiger partial charge < -0.3 is 10.7 Å². The SMILES string of the molecule is Cc1cc([C@@H](N)Cc2c[nH]c3ccccc23)[nH]n1. The average molecular weight is 240 g/mol. The van der Waals surface area contributed by atoms with Crippen LogP contribution in [-0.4, -0.2) is 15.2 Å². The molecule has 0 unspecified atom stereocenters. The molecule has 2 heterocycles. The Labute approximate surface area is 105 Å². The molecule has 0 aliphatic heterocycles. The molecule has 0 fully saturated rings. The molecule has 4 nitrogen and oxygen atoms in total. The Morgan fingerprint density at radius 3 is 2.94 bits per heavy atom. The average Bonchev–Trinajstić information content (AvgIpc) is 2.97. The minimum Gasteiger partial charge on any atom is -0.361 e.